The Morgan fingerprint density at radius 2 is 2.12 bits per heavy atom. The number of nitrogens with one attached hydrogen (secondary N) is 2. The molecule has 1 amide bonds. The highest BCUT2D eigenvalue weighted by Gasteiger charge is 2.08. The molecule has 90 valence electrons. The Morgan fingerprint density at radius 3 is 2.69 bits per heavy atom. The molecule has 0 aromatic carbocycles. The van der Waals surface area contributed by atoms with Gasteiger partial charge in [-0.2, -0.15) is 0 Å². The van der Waals surface area contributed by atoms with Crippen LogP contribution in [0.3, 0.4) is 0 Å². The normalized spacial score (nSPS) is 10.4. The summed E-state index contributed by atoms with van der Waals surface area (Å²) in [5, 5.41) is 9.66. The minimum atomic E-state index is 0.0705. The summed E-state index contributed by atoms with van der Waals surface area (Å²) < 4.78 is 5.05. The molecule has 1 rings (SSSR count). The van der Waals surface area contributed by atoms with E-state index in [0.29, 0.717) is 19.5 Å². The highest BCUT2D eigenvalue weighted by Crippen LogP contribution is 2.11. The van der Waals surface area contributed by atoms with Crippen LogP contribution in [0.15, 0.2) is 4.52 Å². The average Bonchev–Trinajstić information content (AvgIpc) is 2.57. The van der Waals surface area contributed by atoms with Crippen molar-refractivity contribution in [3.63, 3.8) is 0 Å². The van der Waals surface area contributed by atoms with Crippen LogP contribution in [0.2, 0.25) is 0 Å². The van der Waals surface area contributed by atoms with Crippen LogP contribution in [-0.4, -0.2) is 31.2 Å². The first-order chi connectivity index (χ1) is 7.65. The molecule has 0 saturated carbocycles. The first kappa shape index (κ1) is 12.7. The lowest BCUT2D eigenvalue weighted by Crippen LogP contribution is -2.28. The molecule has 0 bridgehead atoms. The lowest BCUT2D eigenvalue weighted by atomic mass is 10.1. The molecular formula is C11H19N3O2. The van der Waals surface area contributed by atoms with Gasteiger partial charge in [0, 0.05) is 25.1 Å². The maximum atomic E-state index is 11.3. The Kier molecular flexibility index (Phi) is 4.98. The third-order valence-electron chi connectivity index (χ3n) is 2.48. The van der Waals surface area contributed by atoms with Crippen molar-refractivity contribution in [1.29, 1.82) is 0 Å². The molecule has 0 aliphatic rings. The van der Waals surface area contributed by atoms with Crippen molar-refractivity contribution in [2.45, 2.75) is 26.7 Å². The summed E-state index contributed by atoms with van der Waals surface area (Å²) in [5.74, 6) is 0.906. The van der Waals surface area contributed by atoms with Crippen molar-refractivity contribution in [2.75, 3.05) is 20.1 Å². The highest BCUT2D eigenvalue weighted by molar-refractivity contribution is 5.76. The van der Waals surface area contributed by atoms with Gasteiger partial charge in [-0.15, -0.1) is 0 Å². The molecule has 16 heavy (non-hydrogen) atoms. The molecule has 1 aromatic rings. The summed E-state index contributed by atoms with van der Waals surface area (Å²) in [6.45, 7) is 5.13. The molecule has 0 aliphatic heterocycles. The molecule has 0 aliphatic carbocycles. The largest absolute Gasteiger partial charge is 0.361 e. The number of carbonyl (C=O) groups excluding carboxylic acids is 1. The summed E-state index contributed by atoms with van der Waals surface area (Å²) in [6, 6.07) is 0. The van der Waals surface area contributed by atoms with E-state index >= 15 is 0 Å². The van der Waals surface area contributed by atoms with E-state index in [2.05, 4.69) is 15.8 Å². The fourth-order valence-electron chi connectivity index (χ4n) is 1.51. The van der Waals surface area contributed by atoms with Crippen LogP contribution in [0.4, 0.5) is 0 Å². The zero-order valence-corrected chi connectivity index (χ0v) is 10.1. The topological polar surface area (TPSA) is 67.2 Å². The Morgan fingerprint density at radius 1 is 1.38 bits per heavy atom. The van der Waals surface area contributed by atoms with E-state index in [4.69, 9.17) is 4.52 Å². The van der Waals surface area contributed by atoms with Crippen molar-refractivity contribution in [1.82, 2.24) is 15.8 Å². The highest BCUT2D eigenvalue weighted by atomic mass is 16.5. The number of hydrogen-bond acceptors (Lipinski definition) is 4. The standard InChI is InChI=1S/C11H19N3O2/c1-8-10(9(2)16-14-8)4-7-13-11(15)5-6-12-3/h12H,4-7H2,1-3H3,(H,13,15). The van der Waals surface area contributed by atoms with Gasteiger partial charge in [0.05, 0.1) is 5.69 Å². The van der Waals surface area contributed by atoms with Gasteiger partial charge < -0.3 is 15.2 Å². The van der Waals surface area contributed by atoms with E-state index in [1.165, 1.54) is 0 Å². The lowest BCUT2D eigenvalue weighted by molar-refractivity contribution is -0.120. The van der Waals surface area contributed by atoms with Gasteiger partial charge in [-0.1, -0.05) is 5.16 Å². The van der Waals surface area contributed by atoms with E-state index in [9.17, 15) is 4.79 Å². The van der Waals surface area contributed by atoms with E-state index in [0.717, 1.165) is 23.4 Å². The number of carbonyl (C=O) groups is 1. The Balaban J connectivity index is 2.28. The molecule has 0 unspecified atom stereocenters. The van der Waals surface area contributed by atoms with Gasteiger partial charge in [0.1, 0.15) is 5.76 Å². The van der Waals surface area contributed by atoms with Crippen LogP contribution in [0.1, 0.15) is 23.4 Å². The summed E-state index contributed by atoms with van der Waals surface area (Å²) in [4.78, 5) is 11.3. The van der Waals surface area contributed by atoms with Crippen molar-refractivity contribution < 1.29 is 9.32 Å². The smallest absolute Gasteiger partial charge is 0.221 e. The molecule has 1 aromatic heterocycles. The fraction of sp³-hybridized carbons (Fsp3) is 0.636. The molecule has 0 fully saturated rings. The van der Waals surface area contributed by atoms with Crippen molar-refractivity contribution in [3.8, 4) is 0 Å². The minimum Gasteiger partial charge on any atom is -0.361 e. The van der Waals surface area contributed by atoms with E-state index in [-0.39, 0.29) is 5.91 Å². The van der Waals surface area contributed by atoms with Gasteiger partial charge in [-0.05, 0) is 27.3 Å². The molecule has 0 atom stereocenters. The quantitative estimate of drug-likeness (QED) is 0.742. The van der Waals surface area contributed by atoms with Gasteiger partial charge >= 0.3 is 0 Å². The first-order valence-corrected chi connectivity index (χ1v) is 5.48. The Bertz CT molecular complexity index is 327. The van der Waals surface area contributed by atoms with Gasteiger partial charge in [-0.25, -0.2) is 0 Å². The zero-order valence-electron chi connectivity index (χ0n) is 10.1. The summed E-state index contributed by atoms with van der Waals surface area (Å²) in [6.07, 6.45) is 1.28. The van der Waals surface area contributed by atoms with Crippen molar-refractivity contribution in [2.24, 2.45) is 0 Å². The van der Waals surface area contributed by atoms with Gasteiger partial charge in [0.2, 0.25) is 5.91 Å². The Labute approximate surface area is 95.6 Å². The zero-order chi connectivity index (χ0) is 12.0. The number of aryl methyl sites for hydroxylation is 2. The van der Waals surface area contributed by atoms with Crippen LogP contribution in [-0.2, 0) is 11.2 Å². The molecule has 5 heteroatoms. The minimum absolute atomic E-state index is 0.0705. The molecular weight excluding hydrogens is 206 g/mol. The van der Waals surface area contributed by atoms with Crippen molar-refractivity contribution >= 4 is 5.91 Å². The first-order valence-electron chi connectivity index (χ1n) is 5.48. The number of rotatable bonds is 6. The van der Waals surface area contributed by atoms with Crippen LogP contribution in [0, 0.1) is 13.8 Å². The molecule has 1 heterocycles. The predicted molar refractivity (Wildman–Crippen MR) is 61.2 cm³/mol. The van der Waals surface area contributed by atoms with Gasteiger partial charge in [0.15, 0.2) is 0 Å². The fourth-order valence-corrected chi connectivity index (χ4v) is 1.51. The molecule has 2 N–H and O–H groups in total. The van der Waals surface area contributed by atoms with Crippen LogP contribution >= 0.6 is 0 Å². The van der Waals surface area contributed by atoms with E-state index in [1.54, 1.807) is 0 Å². The molecule has 0 spiro atoms. The molecule has 5 nitrogen and oxygen atoms in total. The summed E-state index contributed by atoms with van der Waals surface area (Å²) >= 11 is 0. The predicted octanol–water partition coefficient (Wildman–Crippen LogP) is 0.560. The number of amides is 1. The second-order valence-corrected chi connectivity index (χ2v) is 3.76. The van der Waals surface area contributed by atoms with E-state index in [1.807, 2.05) is 20.9 Å². The second-order valence-electron chi connectivity index (χ2n) is 3.76. The lowest BCUT2D eigenvalue weighted by Gasteiger charge is -2.04. The van der Waals surface area contributed by atoms with Crippen LogP contribution in [0.5, 0.6) is 0 Å². The van der Waals surface area contributed by atoms with Gasteiger partial charge in [-0.3, -0.25) is 4.79 Å². The molecule has 0 saturated heterocycles. The summed E-state index contributed by atoms with van der Waals surface area (Å²) in [5.41, 5.74) is 2.00. The Hall–Kier alpha value is -1.36. The second kappa shape index (κ2) is 6.27. The van der Waals surface area contributed by atoms with Crippen molar-refractivity contribution in [3.05, 3.63) is 17.0 Å². The summed E-state index contributed by atoms with van der Waals surface area (Å²) in [7, 11) is 1.83. The third-order valence-corrected chi connectivity index (χ3v) is 2.48. The number of hydrogen-bond donors (Lipinski definition) is 2. The number of nitrogens with zero attached hydrogens (tertiary/aromatic N) is 1. The maximum Gasteiger partial charge on any atom is 0.221 e. The number of aromatic nitrogens is 1. The monoisotopic (exact) mass is 225 g/mol. The average molecular weight is 225 g/mol. The SMILES string of the molecule is CNCCC(=O)NCCc1c(C)noc1C. The maximum absolute atomic E-state index is 11.3. The van der Waals surface area contributed by atoms with Crippen LogP contribution < -0.4 is 10.6 Å². The third kappa shape index (κ3) is 3.66. The van der Waals surface area contributed by atoms with Gasteiger partial charge in [0.25, 0.3) is 0 Å². The molecule has 0 radical (unpaired) electrons. The van der Waals surface area contributed by atoms with E-state index < -0.39 is 0 Å². The van der Waals surface area contributed by atoms with Crippen LogP contribution in [0.25, 0.3) is 0 Å².